The quantitative estimate of drug-likeness (QED) is 0.660. The van der Waals surface area contributed by atoms with Gasteiger partial charge in [-0.3, -0.25) is 0 Å². The number of hydrogen-bond donors (Lipinski definition) is 3. The number of alkyl halides is 3. The maximum absolute atomic E-state index is 12.7. The van der Waals surface area contributed by atoms with Gasteiger partial charge in [0, 0.05) is 22.5 Å². The van der Waals surface area contributed by atoms with Crippen molar-refractivity contribution in [1.29, 1.82) is 0 Å². The first-order valence-electron chi connectivity index (χ1n) is 6.53. The zero-order valence-electron chi connectivity index (χ0n) is 11.5. The van der Waals surface area contributed by atoms with Crippen LogP contribution >= 0.6 is 0 Å². The van der Waals surface area contributed by atoms with Gasteiger partial charge in [-0.2, -0.15) is 13.2 Å². The number of carboxylic acids is 1. The minimum absolute atomic E-state index is 0.0475. The van der Waals surface area contributed by atoms with Crippen LogP contribution in [0.5, 0.6) is 5.75 Å². The zero-order valence-corrected chi connectivity index (χ0v) is 11.5. The number of carboxylic acid groups (broad SMARTS) is 1. The number of phenols is 1. The molecule has 0 fully saturated rings. The number of aromatic nitrogens is 1. The number of rotatable bonds is 2. The molecule has 3 rings (SSSR count). The SMILES string of the molecule is O=C(O)c1ccccc1-c1cc2cc(C(F)(F)F)[nH]c2cc1O. The van der Waals surface area contributed by atoms with Gasteiger partial charge in [0.2, 0.25) is 0 Å². The predicted molar refractivity (Wildman–Crippen MR) is 77.4 cm³/mol. The third kappa shape index (κ3) is 2.61. The minimum Gasteiger partial charge on any atom is -0.507 e. The van der Waals surface area contributed by atoms with E-state index in [1.54, 1.807) is 6.07 Å². The molecule has 0 amide bonds. The second-order valence-corrected chi connectivity index (χ2v) is 4.99. The summed E-state index contributed by atoms with van der Waals surface area (Å²) < 4.78 is 38.2. The average Bonchev–Trinajstić information content (AvgIpc) is 2.89. The highest BCUT2D eigenvalue weighted by Crippen LogP contribution is 2.37. The van der Waals surface area contributed by atoms with Gasteiger partial charge >= 0.3 is 12.1 Å². The number of hydrogen-bond acceptors (Lipinski definition) is 2. The average molecular weight is 321 g/mol. The number of nitrogens with one attached hydrogen (secondary N) is 1. The standard InChI is InChI=1S/C16H10F3NO3/c17-16(18,19)14-6-8-5-11(13(21)7-12(8)20-14)9-3-1-2-4-10(9)15(22)23/h1-7,20-21H,(H,22,23). The molecular formula is C16H10F3NO3. The molecule has 0 radical (unpaired) electrons. The molecule has 7 heteroatoms. The fraction of sp³-hybridized carbons (Fsp3) is 0.0625. The molecule has 0 saturated heterocycles. The van der Waals surface area contributed by atoms with E-state index in [0.717, 1.165) is 12.1 Å². The number of aromatic hydroxyl groups is 1. The molecule has 2 aromatic carbocycles. The van der Waals surface area contributed by atoms with E-state index >= 15 is 0 Å². The van der Waals surface area contributed by atoms with Crippen molar-refractivity contribution >= 4 is 16.9 Å². The molecule has 0 unspecified atom stereocenters. The summed E-state index contributed by atoms with van der Waals surface area (Å²) in [6.07, 6.45) is -4.53. The highest BCUT2D eigenvalue weighted by molar-refractivity contribution is 5.99. The lowest BCUT2D eigenvalue weighted by Gasteiger charge is -2.08. The molecule has 0 saturated carbocycles. The van der Waals surface area contributed by atoms with Crippen LogP contribution in [0, 0.1) is 0 Å². The van der Waals surface area contributed by atoms with Gasteiger partial charge in [0.05, 0.1) is 5.56 Å². The van der Waals surface area contributed by atoms with E-state index in [-0.39, 0.29) is 33.3 Å². The molecule has 0 aliphatic carbocycles. The van der Waals surface area contributed by atoms with Gasteiger partial charge in [0.25, 0.3) is 0 Å². The Labute approximate surface area is 127 Å². The van der Waals surface area contributed by atoms with Gasteiger partial charge in [0.1, 0.15) is 11.4 Å². The maximum atomic E-state index is 12.7. The summed E-state index contributed by atoms with van der Waals surface area (Å²) in [4.78, 5) is 13.5. The van der Waals surface area contributed by atoms with Crippen LogP contribution in [0.2, 0.25) is 0 Å². The molecule has 23 heavy (non-hydrogen) atoms. The van der Waals surface area contributed by atoms with Crippen LogP contribution in [0.15, 0.2) is 42.5 Å². The molecule has 0 spiro atoms. The van der Waals surface area contributed by atoms with Crippen molar-refractivity contribution in [1.82, 2.24) is 4.98 Å². The molecule has 0 aliphatic rings. The number of fused-ring (bicyclic) bond motifs is 1. The fourth-order valence-electron chi connectivity index (χ4n) is 2.44. The van der Waals surface area contributed by atoms with Crippen LogP contribution in [-0.2, 0) is 6.18 Å². The van der Waals surface area contributed by atoms with E-state index in [0.29, 0.717) is 0 Å². The first-order chi connectivity index (χ1) is 10.8. The normalized spacial score (nSPS) is 11.8. The summed E-state index contributed by atoms with van der Waals surface area (Å²) in [6.45, 7) is 0. The van der Waals surface area contributed by atoms with Crippen molar-refractivity contribution in [2.45, 2.75) is 6.18 Å². The number of halogens is 3. The van der Waals surface area contributed by atoms with E-state index in [1.165, 1.54) is 24.3 Å². The summed E-state index contributed by atoms with van der Waals surface area (Å²) >= 11 is 0. The Morgan fingerprint density at radius 1 is 1.04 bits per heavy atom. The molecule has 3 aromatic rings. The first kappa shape index (κ1) is 15.0. The minimum atomic E-state index is -4.53. The van der Waals surface area contributed by atoms with Gasteiger partial charge in [-0.1, -0.05) is 18.2 Å². The van der Waals surface area contributed by atoms with E-state index in [2.05, 4.69) is 4.98 Å². The van der Waals surface area contributed by atoms with Crippen LogP contribution in [0.4, 0.5) is 13.2 Å². The van der Waals surface area contributed by atoms with E-state index in [9.17, 15) is 28.2 Å². The first-order valence-corrected chi connectivity index (χ1v) is 6.53. The molecule has 0 atom stereocenters. The van der Waals surface area contributed by atoms with Crippen LogP contribution in [-0.4, -0.2) is 21.2 Å². The second-order valence-electron chi connectivity index (χ2n) is 4.99. The second kappa shape index (κ2) is 5.05. The molecule has 1 heterocycles. The Balaban J connectivity index is 2.23. The number of carbonyl (C=O) groups is 1. The van der Waals surface area contributed by atoms with Crippen LogP contribution in [0.25, 0.3) is 22.0 Å². The summed E-state index contributed by atoms with van der Waals surface area (Å²) in [6, 6.07) is 9.36. The monoisotopic (exact) mass is 321 g/mol. The van der Waals surface area contributed by atoms with Gasteiger partial charge in [-0.05, 0) is 23.8 Å². The third-order valence-electron chi connectivity index (χ3n) is 3.49. The van der Waals surface area contributed by atoms with Gasteiger partial charge < -0.3 is 15.2 Å². The van der Waals surface area contributed by atoms with Crippen molar-refractivity contribution in [3.05, 3.63) is 53.7 Å². The highest BCUT2D eigenvalue weighted by atomic mass is 19.4. The van der Waals surface area contributed by atoms with Crippen molar-refractivity contribution in [2.75, 3.05) is 0 Å². The van der Waals surface area contributed by atoms with Gasteiger partial charge in [0.15, 0.2) is 0 Å². The predicted octanol–water partition coefficient (Wildman–Crippen LogP) is 4.26. The molecule has 118 valence electrons. The Kier molecular flexibility index (Phi) is 3.28. The largest absolute Gasteiger partial charge is 0.507 e. The Bertz CT molecular complexity index is 913. The number of aromatic carboxylic acids is 1. The highest BCUT2D eigenvalue weighted by Gasteiger charge is 2.32. The lowest BCUT2D eigenvalue weighted by Crippen LogP contribution is -2.04. The smallest absolute Gasteiger partial charge is 0.431 e. The third-order valence-corrected chi connectivity index (χ3v) is 3.49. The molecule has 1 aromatic heterocycles. The number of aromatic amines is 1. The Hall–Kier alpha value is -2.96. The summed E-state index contributed by atoms with van der Waals surface area (Å²) in [5.74, 6) is -1.49. The van der Waals surface area contributed by atoms with Crippen molar-refractivity contribution < 1.29 is 28.2 Å². The lowest BCUT2D eigenvalue weighted by atomic mass is 9.97. The van der Waals surface area contributed by atoms with Crippen LogP contribution in [0.3, 0.4) is 0 Å². The van der Waals surface area contributed by atoms with Gasteiger partial charge in [-0.15, -0.1) is 0 Å². The Morgan fingerprint density at radius 2 is 1.74 bits per heavy atom. The molecule has 3 N–H and O–H groups in total. The number of phenolic OH excluding ortho intramolecular Hbond substituents is 1. The Morgan fingerprint density at radius 3 is 2.39 bits per heavy atom. The molecule has 0 aliphatic heterocycles. The summed E-state index contributed by atoms with van der Waals surface area (Å²) in [7, 11) is 0. The molecule has 4 nitrogen and oxygen atoms in total. The summed E-state index contributed by atoms with van der Waals surface area (Å²) in [5, 5.41) is 19.5. The topological polar surface area (TPSA) is 73.3 Å². The van der Waals surface area contributed by atoms with E-state index in [1.807, 2.05) is 0 Å². The van der Waals surface area contributed by atoms with Crippen molar-refractivity contribution in [2.24, 2.45) is 0 Å². The number of benzene rings is 2. The summed E-state index contributed by atoms with van der Waals surface area (Å²) in [5.41, 5.74) is -0.479. The number of H-pyrrole nitrogens is 1. The molecular weight excluding hydrogens is 311 g/mol. The van der Waals surface area contributed by atoms with Crippen LogP contribution in [0.1, 0.15) is 16.1 Å². The fourth-order valence-corrected chi connectivity index (χ4v) is 2.44. The van der Waals surface area contributed by atoms with Gasteiger partial charge in [-0.25, -0.2) is 4.79 Å². The lowest BCUT2D eigenvalue weighted by molar-refractivity contribution is -0.140. The van der Waals surface area contributed by atoms with Crippen LogP contribution < -0.4 is 0 Å². The maximum Gasteiger partial charge on any atom is 0.431 e. The van der Waals surface area contributed by atoms with Crippen molar-refractivity contribution in [3.63, 3.8) is 0 Å². The van der Waals surface area contributed by atoms with E-state index < -0.39 is 17.8 Å². The molecule has 0 bridgehead atoms. The zero-order chi connectivity index (χ0) is 16.8. The van der Waals surface area contributed by atoms with Crippen molar-refractivity contribution in [3.8, 4) is 16.9 Å². The van der Waals surface area contributed by atoms with E-state index in [4.69, 9.17) is 0 Å².